The smallest absolute Gasteiger partial charge is 0.162 e. The Balaban J connectivity index is 1.83. The van der Waals surface area contributed by atoms with Gasteiger partial charge in [0.2, 0.25) is 0 Å². The average molecular weight is 238 g/mol. The largest absolute Gasteiger partial charge is 0.512 e. The Labute approximate surface area is 101 Å². The van der Waals surface area contributed by atoms with Crippen molar-refractivity contribution in [1.82, 2.24) is 10.2 Å². The van der Waals surface area contributed by atoms with Crippen molar-refractivity contribution < 1.29 is 14.6 Å². The Morgan fingerprint density at radius 2 is 2.00 bits per heavy atom. The van der Waals surface area contributed by atoms with E-state index in [0.29, 0.717) is 31.2 Å². The highest BCUT2D eigenvalue weighted by atomic mass is 16.6. The molecule has 0 bridgehead atoms. The molecule has 0 saturated carbocycles. The normalized spacial score (nSPS) is 30.1. The van der Waals surface area contributed by atoms with Crippen molar-refractivity contribution in [3.63, 3.8) is 0 Å². The minimum atomic E-state index is 0.136. The van der Waals surface area contributed by atoms with E-state index in [1.165, 1.54) is 0 Å². The highest BCUT2D eigenvalue weighted by Gasteiger charge is 2.33. The molecule has 0 aromatic heterocycles. The van der Waals surface area contributed by atoms with Crippen molar-refractivity contribution in [2.75, 3.05) is 39.4 Å². The molecule has 94 valence electrons. The van der Waals surface area contributed by atoms with Crippen LogP contribution in [0.5, 0.6) is 0 Å². The summed E-state index contributed by atoms with van der Waals surface area (Å²) in [6, 6.07) is 0.136. The Morgan fingerprint density at radius 3 is 2.82 bits per heavy atom. The third-order valence-corrected chi connectivity index (χ3v) is 3.44. The molecule has 1 aliphatic carbocycles. The molecule has 1 unspecified atom stereocenters. The molecule has 1 fully saturated rings. The average Bonchev–Trinajstić information content (AvgIpc) is 2.39. The van der Waals surface area contributed by atoms with Crippen molar-refractivity contribution in [3.05, 3.63) is 23.4 Å². The third-order valence-electron chi connectivity index (χ3n) is 3.44. The molecule has 5 heteroatoms. The molecule has 0 aromatic rings. The number of aliphatic hydroxyl groups excluding tert-OH is 1. The molecule has 1 atom stereocenters. The highest BCUT2D eigenvalue weighted by Crippen LogP contribution is 2.30. The van der Waals surface area contributed by atoms with Crippen molar-refractivity contribution in [3.8, 4) is 0 Å². The summed E-state index contributed by atoms with van der Waals surface area (Å²) in [6.07, 6.45) is 2.31. The van der Waals surface area contributed by atoms with Crippen LogP contribution < -0.4 is 5.32 Å². The second-order valence-electron chi connectivity index (χ2n) is 4.57. The van der Waals surface area contributed by atoms with Crippen LogP contribution in [-0.4, -0.2) is 55.4 Å². The first kappa shape index (κ1) is 10.9. The van der Waals surface area contributed by atoms with Crippen LogP contribution in [0.1, 0.15) is 6.42 Å². The number of hydrogen-bond donors (Lipinski definition) is 2. The van der Waals surface area contributed by atoms with Gasteiger partial charge in [-0.25, -0.2) is 0 Å². The van der Waals surface area contributed by atoms with Gasteiger partial charge in [-0.05, 0) is 0 Å². The van der Waals surface area contributed by atoms with Gasteiger partial charge in [0.1, 0.15) is 13.2 Å². The molecule has 2 N–H and O–H groups in total. The Morgan fingerprint density at radius 1 is 1.24 bits per heavy atom. The zero-order chi connectivity index (χ0) is 11.7. The first-order chi connectivity index (χ1) is 8.34. The molecule has 17 heavy (non-hydrogen) atoms. The van der Waals surface area contributed by atoms with Crippen LogP contribution in [0.3, 0.4) is 0 Å². The lowest BCUT2D eigenvalue weighted by Crippen LogP contribution is -2.50. The van der Waals surface area contributed by atoms with Crippen molar-refractivity contribution in [2.45, 2.75) is 12.5 Å². The summed E-state index contributed by atoms with van der Waals surface area (Å²) >= 11 is 0. The van der Waals surface area contributed by atoms with E-state index in [1.807, 2.05) is 0 Å². The van der Waals surface area contributed by atoms with Gasteiger partial charge in [0.15, 0.2) is 11.5 Å². The minimum absolute atomic E-state index is 0.136. The predicted molar refractivity (Wildman–Crippen MR) is 62.5 cm³/mol. The second-order valence-corrected chi connectivity index (χ2v) is 4.57. The van der Waals surface area contributed by atoms with Crippen molar-refractivity contribution in [2.24, 2.45) is 0 Å². The summed E-state index contributed by atoms with van der Waals surface area (Å²) in [5, 5.41) is 13.1. The molecule has 5 nitrogen and oxygen atoms in total. The molecule has 1 saturated heterocycles. The number of piperazine rings is 1. The van der Waals surface area contributed by atoms with Gasteiger partial charge >= 0.3 is 0 Å². The summed E-state index contributed by atoms with van der Waals surface area (Å²) in [4.78, 5) is 2.35. The van der Waals surface area contributed by atoms with Gasteiger partial charge in [0, 0.05) is 38.7 Å². The number of ether oxygens (including phenoxy) is 2. The molecule has 2 aliphatic heterocycles. The number of rotatable bonds is 1. The summed E-state index contributed by atoms with van der Waals surface area (Å²) in [5.74, 6) is 2.00. The van der Waals surface area contributed by atoms with Gasteiger partial charge < -0.3 is 19.9 Å². The number of hydrogen-bond acceptors (Lipinski definition) is 5. The van der Waals surface area contributed by atoms with E-state index in [2.05, 4.69) is 10.2 Å². The van der Waals surface area contributed by atoms with E-state index in [1.54, 1.807) is 6.08 Å². The van der Waals surface area contributed by atoms with Gasteiger partial charge in [-0.2, -0.15) is 0 Å². The molecule has 0 spiro atoms. The lowest BCUT2D eigenvalue weighted by atomic mass is 10.0. The summed E-state index contributed by atoms with van der Waals surface area (Å²) in [5.41, 5.74) is 0. The Hall–Kier alpha value is -1.20. The van der Waals surface area contributed by atoms with E-state index in [0.717, 1.165) is 31.9 Å². The van der Waals surface area contributed by atoms with Crippen LogP contribution >= 0.6 is 0 Å². The second kappa shape index (κ2) is 4.58. The molecule has 3 rings (SSSR count). The van der Waals surface area contributed by atoms with E-state index in [9.17, 15) is 5.11 Å². The van der Waals surface area contributed by atoms with Crippen molar-refractivity contribution in [1.29, 1.82) is 0 Å². The monoisotopic (exact) mass is 238 g/mol. The lowest BCUT2D eigenvalue weighted by molar-refractivity contribution is 0.0262. The highest BCUT2D eigenvalue weighted by molar-refractivity contribution is 5.29. The summed E-state index contributed by atoms with van der Waals surface area (Å²) in [7, 11) is 0. The van der Waals surface area contributed by atoms with E-state index in [-0.39, 0.29) is 6.04 Å². The van der Waals surface area contributed by atoms with Crippen LogP contribution in [0.15, 0.2) is 23.4 Å². The Bertz CT molecular complexity index is 359. The maximum Gasteiger partial charge on any atom is 0.162 e. The Kier molecular flexibility index (Phi) is 2.94. The standard InChI is InChI=1S/C12H18N2O3/c15-9-7-10(14-3-1-13-2-4-14)12-11(8-9)16-5-6-17-12/h8,10,13,15H,1-7H2. The van der Waals surface area contributed by atoms with E-state index < -0.39 is 0 Å². The quantitative estimate of drug-likeness (QED) is 0.691. The summed E-state index contributed by atoms with van der Waals surface area (Å²) in [6.45, 7) is 5.12. The third kappa shape index (κ3) is 2.12. The van der Waals surface area contributed by atoms with E-state index >= 15 is 0 Å². The fourth-order valence-electron chi connectivity index (χ4n) is 2.61. The fourth-order valence-corrected chi connectivity index (χ4v) is 2.61. The van der Waals surface area contributed by atoms with Gasteiger partial charge in [-0.1, -0.05) is 0 Å². The van der Waals surface area contributed by atoms with Crippen LogP contribution in [0.4, 0.5) is 0 Å². The van der Waals surface area contributed by atoms with Gasteiger partial charge in [-0.3, -0.25) is 4.90 Å². The zero-order valence-corrected chi connectivity index (χ0v) is 9.82. The number of nitrogens with zero attached hydrogens (tertiary/aromatic N) is 1. The van der Waals surface area contributed by atoms with Crippen molar-refractivity contribution >= 4 is 0 Å². The first-order valence-corrected chi connectivity index (χ1v) is 6.18. The molecule has 0 radical (unpaired) electrons. The SMILES string of the molecule is OC1=CC2=C(OCCO2)C(N2CCNCC2)C1. The van der Waals surface area contributed by atoms with Gasteiger partial charge in [0.25, 0.3) is 0 Å². The topological polar surface area (TPSA) is 54.0 Å². The number of allylic oxidation sites excluding steroid dienone is 1. The van der Waals surface area contributed by atoms with E-state index in [4.69, 9.17) is 9.47 Å². The molecule has 0 amide bonds. The molecule has 3 aliphatic rings. The van der Waals surface area contributed by atoms with Crippen LogP contribution in [0.25, 0.3) is 0 Å². The maximum absolute atomic E-state index is 9.80. The molecular weight excluding hydrogens is 220 g/mol. The molecular formula is C12H18N2O3. The molecule has 2 heterocycles. The van der Waals surface area contributed by atoms with Gasteiger partial charge in [-0.15, -0.1) is 0 Å². The fraction of sp³-hybridized carbons (Fsp3) is 0.667. The first-order valence-electron chi connectivity index (χ1n) is 6.18. The molecule has 0 aromatic carbocycles. The maximum atomic E-state index is 9.80. The number of nitrogens with one attached hydrogen (secondary N) is 1. The zero-order valence-electron chi connectivity index (χ0n) is 9.82. The summed E-state index contributed by atoms with van der Waals surface area (Å²) < 4.78 is 11.3. The minimum Gasteiger partial charge on any atom is -0.512 e. The van der Waals surface area contributed by atoms with Crippen LogP contribution in [0.2, 0.25) is 0 Å². The van der Waals surface area contributed by atoms with Crippen LogP contribution in [0, 0.1) is 0 Å². The van der Waals surface area contributed by atoms with Crippen LogP contribution in [-0.2, 0) is 9.47 Å². The lowest BCUT2D eigenvalue weighted by Gasteiger charge is -2.38. The predicted octanol–water partition coefficient (Wildman–Crippen LogP) is 0.364. The van der Waals surface area contributed by atoms with Gasteiger partial charge in [0.05, 0.1) is 11.8 Å². The number of aliphatic hydroxyl groups is 1.